The number of pyridine rings is 5. The summed E-state index contributed by atoms with van der Waals surface area (Å²) in [4.78, 5) is 53.3. The van der Waals surface area contributed by atoms with E-state index in [0.29, 0.717) is 11.8 Å². The Morgan fingerprint density at radius 2 is 0.770 bits per heavy atom. The molecule has 0 bridgehead atoms. The quantitative estimate of drug-likeness (QED) is 0.0506. The maximum atomic E-state index is 10.0. The molecule has 9 aromatic carbocycles. The maximum Gasteiger partial charge on any atom is 0.155 e. The van der Waals surface area contributed by atoms with Gasteiger partial charge in [0.15, 0.2) is 17.3 Å². The smallest absolute Gasteiger partial charge is 0.155 e. The molecule has 0 aliphatic heterocycles. The van der Waals surface area contributed by atoms with Gasteiger partial charge in [-0.15, -0.1) is 176 Å². The van der Waals surface area contributed by atoms with E-state index in [1.807, 2.05) is 72.9 Å². The van der Waals surface area contributed by atoms with Crippen LogP contribution in [0.2, 0.25) is 0 Å². The normalized spacial score (nSPS) is 10.6. The summed E-state index contributed by atoms with van der Waals surface area (Å²) >= 11 is 0. The number of carbonyl (C=O) groups excluding carboxylic acids is 3. The van der Waals surface area contributed by atoms with Crippen molar-refractivity contribution in [1.82, 2.24) is 24.9 Å². The first-order chi connectivity index (χ1) is 56.2. The van der Waals surface area contributed by atoms with E-state index in [-0.39, 0.29) is 115 Å². The molecule has 15 heteroatoms. The van der Waals surface area contributed by atoms with E-state index >= 15 is 0 Å². The Labute approximate surface area is 778 Å². The third-order valence-corrected chi connectivity index (χ3v) is 17.6. The molecule has 5 aromatic heterocycles. The van der Waals surface area contributed by atoms with Gasteiger partial charge in [-0.3, -0.25) is 29.3 Å². The Morgan fingerprint density at radius 1 is 0.361 bits per heavy atom. The van der Waals surface area contributed by atoms with Gasteiger partial charge in [0.1, 0.15) is 0 Å². The van der Waals surface area contributed by atoms with Crippen molar-refractivity contribution in [2.45, 2.75) is 157 Å². The number of aromatic nitrogens is 5. The molecule has 5 heterocycles. The molecule has 0 fully saturated rings. The zero-order valence-electron chi connectivity index (χ0n) is 73.4. The van der Waals surface area contributed by atoms with Gasteiger partial charge in [0.05, 0.1) is 33.8 Å². The van der Waals surface area contributed by atoms with Crippen LogP contribution in [-0.2, 0) is 114 Å². The number of hydrogen-bond acceptors (Lipinski definition) is 11. The van der Waals surface area contributed by atoms with Gasteiger partial charge in [0.2, 0.25) is 0 Å². The summed E-state index contributed by atoms with van der Waals surface area (Å²) in [6, 6.07) is 94.3. The molecule has 14 aromatic rings. The molecule has 0 amide bonds. The first-order valence-electron chi connectivity index (χ1n) is 40.0. The van der Waals surface area contributed by atoms with E-state index in [0.717, 1.165) is 115 Å². The number of aliphatic hydroxyl groups excluding tert-OH is 3. The van der Waals surface area contributed by atoms with Crippen molar-refractivity contribution in [3.8, 4) is 67.4 Å². The zero-order chi connectivity index (χ0) is 86.0. The predicted molar refractivity (Wildman–Crippen MR) is 491 cm³/mol. The van der Waals surface area contributed by atoms with Crippen molar-refractivity contribution >= 4 is 50.1 Å². The number of rotatable bonds is 15. The van der Waals surface area contributed by atoms with E-state index in [2.05, 4.69) is 288 Å². The number of nitrogens with zero attached hydrogens (tertiary/aromatic N) is 5. The molecule has 0 saturated carbocycles. The Bertz CT molecular complexity index is 5520. The van der Waals surface area contributed by atoms with Gasteiger partial charge >= 0.3 is 0 Å². The first-order valence-corrected chi connectivity index (χ1v) is 40.0. The van der Waals surface area contributed by atoms with E-state index in [1.165, 1.54) is 132 Å². The van der Waals surface area contributed by atoms with Crippen LogP contribution in [0.5, 0.6) is 0 Å². The fourth-order valence-electron chi connectivity index (χ4n) is 13.2. The largest absolute Gasteiger partial charge is 0.512 e. The number of ketones is 3. The summed E-state index contributed by atoms with van der Waals surface area (Å²) < 4.78 is 0. The van der Waals surface area contributed by atoms with Crippen LogP contribution in [0.4, 0.5) is 0 Å². The Balaban J connectivity index is 0.000000371. The van der Waals surface area contributed by atoms with Crippen LogP contribution in [0.3, 0.4) is 0 Å². The summed E-state index contributed by atoms with van der Waals surface area (Å²) in [5.41, 5.74) is 29.8. The van der Waals surface area contributed by atoms with Gasteiger partial charge < -0.3 is 25.3 Å². The van der Waals surface area contributed by atoms with Gasteiger partial charge in [-0.1, -0.05) is 203 Å². The standard InChI is InChI=1S/2C21H22N.C20H20N.C19H16N.C11H8N.3C5H8O2.4Ir/c1-14(2)9-17-5-6-18-7-8-20(22-21(18)13-17)19-11-15(3)10-16(4)12-19;1-14(2)10-17-6-5-7-21-19(17)8-9-20(22-21)18-12-15(3)11-16(4)13-18;1-4-5-16-6-7-17-8-9-19(21-20(17)13-16)18-11-14(2)10-15(3)12-18;1-14-10-15(2)12-18(11-14)17-8-9-20-19(13-17)16-6-4-3-5-7-16;1-2-6-10(7-3-1)11-8-4-5-9-12-11;3*1-4(6)3-5(2)7;;;;/h5-8,10-11,13-14H,9H2,1-4H3;5-9,11-12,14H,10H2,1-4H3;6-11,13H,4-5H2,1-3H3;3-6,8-13H,1-2H3;1-6,8-9H;3*3,6H,1-2H3;;;;/q5*-1;;;;;;;. The summed E-state index contributed by atoms with van der Waals surface area (Å²) in [6.07, 6.45) is 11.6. The van der Waals surface area contributed by atoms with Crippen molar-refractivity contribution in [1.29, 1.82) is 0 Å². The Kier molecular flexibility index (Phi) is 47.1. The predicted octanol–water partition coefficient (Wildman–Crippen LogP) is 26.8. The van der Waals surface area contributed by atoms with Gasteiger partial charge in [-0.2, -0.15) is 0 Å². The molecular weight excluding hydrogens is 2220 g/mol. The number of fused-ring (bicyclic) bond motifs is 3. The average Bonchev–Trinajstić information content (AvgIpc) is 0.815. The minimum atomic E-state index is -0.125. The number of benzene rings is 9. The number of aliphatic hydroxyl groups is 3. The second-order valence-corrected chi connectivity index (χ2v) is 30.6. The molecule has 11 nitrogen and oxygen atoms in total. The van der Waals surface area contributed by atoms with Crippen LogP contribution in [0.25, 0.3) is 100 Å². The average molecular weight is 2330 g/mol. The molecule has 0 aliphatic carbocycles. The van der Waals surface area contributed by atoms with E-state index < -0.39 is 0 Å². The molecule has 0 aliphatic rings. The second-order valence-electron chi connectivity index (χ2n) is 30.6. The maximum absolute atomic E-state index is 10.0. The number of allylic oxidation sites excluding steroid dienone is 6. The molecule has 14 rings (SSSR count). The van der Waals surface area contributed by atoms with E-state index in [1.54, 1.807) is 6.20 Å². The molecule has 642 valence electrons. The summed E-state index contributed by atoms with van der Waals surface area (Å²) in [5, 5.41) is 28.7. The molecule has 4 radical (unpaired) electrons. The number of aryl methyl sites for hydroxylation is 9. The molecule has 0 atom stereocenters. The minimum absolute atomic E-state index is 0. The summed E-state index contributed by atoms with van der Waals surface area (Å²) in [5.74, 6) is 1.12. The zero-order valence-corrected chi connectivity index (χ0v) is 82.9. The van der Waals surface area contributed by atoms with Crippen molar-refractivity contribution in [2.75, 3.05) is 0 Å². The van der Waals surface area contributed by atoms with Crippen molar-refractivity contribution in [2.24, 2.45) is 11.8 Å². The van der Waals surface area contributed by atoms with Crippen molar-refractivity contribution in [3.05, 3.63) is 364 Å². The molecule has 122 heavy (non-hydrogen) atoms. The van der Waals surface area contributed by atoms with Crippen LogP contribution >= 0.6 is 0 Å². The first kappa shape index (κ1) is 106. The van der Waals surface area contributed by atoms with Gasteiger partial charge in [0.25, 0.3) is 0 Å². The van der Waals surface area contributed by atoms with Crippen LogP contribution in [0, 0.1) is 97.6 Å². The molecule has 3 N–H and O–H groups in total. The summed E-state index contributed by atoms with van der Waals surface area (Å²) in [6.45, 7) is 36.6. The molecule has 0 unspecified atom stereocenters. The Morgan fingerprint density at radius 3 is 1.17 bits per heavy atom. The third kappa shape index (κ3) is 37.6. The van der Waals surface area contributed by atoms with Crippen LogP contribution in [0.1, 0.15) is 144 Å². The molecule has 0 saturated heterocycles. The minimum Gasteiger partial charge on any atom is -0.512 e. The van der Waals surface area contributed by atoms with Crippen molar-refractivity contribution < 1.29 is 110 Å². The van der Waals surface area contributed by atoms with Crippen LogP contribution in [0.15, 0.2) is 272 Å². The van der Waals surface area contributed by atoms with Gasteiger partial charge in [-0.05, 0) is 184 Å². The fourth-order valence-corrected chi connectivity index (χ4v) is 13.2. The summed E-state index contributed by atoms with van der Waals surface area (Å²) in [7, 11) is 0. The van der Waals surface area contributed by atoms with Gasteiger partial charge in [-0.25, -0.2) is 0 Å². The van der Waals surface area contributed by atoms with Crippen LogP contribution in [-0.4, -0.2) is 57.6 Å². The second kappa shape index (κ2) is 54.3. The van der Waals surface area contributed by atoms with Crippen molar-refractivity contribution in [3.63, 3.8) is 0 Å². The monoisotopic (exact) mass is 2330 g/mol. The van der Waals surface area contributed by atoms with E-state index in [9.17, 15) is 14.4 Å². The van der Waals surface area contributed by atoms with Gasteiger partial charge in [0, 0.05) is 116 Å². The molecule has 0 spiro atoms. The molecular formula is C107H112Ir4N5O6-5. The van der Waals surface area contributed by atoms with E-state index in [4.69, 9.17) is 30.3 Å². The topological polar surface area (TPSA) is 176 Å². The number of hydrogen-bond donors (Lipinski definition) is 3. The van der Waals surface area contributed by atoms with Crippen LogP contribution < -0.4 is 0 Å². The Hall–Kier alpha value is -10.3. The fraction of sp³-hybridized carbons (Fsp3) is 0.234. The SMILES string of the molecule is CC(=O)C=C(C)O.CC(=O)C=C(C)O.CC(=O)C=C(C)O.CCCc1ccc2ccc(-c3[c-]c(C)cc(C)c3)nc2c1.Cc1[c-]c(-c2ccc3c(CC(C)C)cccc3n2)cc(C)c1.Cc1[c-]c(-c2ccc3ccc(CC(C)C)cc3n2)cc(C)c1.Cc1cc(C)cc(-c2ccnc(-c3[c-]cccc3)c2)c1.[Ir].[Ir].[Ir].[Ir].[c-]1ccccc1-c1ccccn1. The number of carbonyl (C=O) groups is 3. The third-order valence-electron chi connectivity index (χ3n) is 17.6.